The van der Waals surface area contributed by atoms with Crippen molar-refractivity contribution in [2.75, 3.05) is 0 Å². The summed E-state index contributed by atoms with van der Waals surface area (Å²) in [6, 6.07) is 8.58. The molecule has 1 heteroatoms. The first kappa shape index (κ1) is 33.0. The molecule has 0 saturated heterocycles. The highest BCUT2D eigenvalue weighted by Gasteiger charge is 2.06. The maximum atomic E-state index is 4.58. The molecule has 0 saturated carbocycles. The van der Waals surface area contributed by atoms with Gasteiger partial charge in [0.25, 0.3) is 0 Å². The number of hydrogen-bond acceptors (Lipinski definition) is 1. The summed E-state index contributed by atoms with van der Waals surface area (Å²) in [6.45, 7) is 34.8. The molecule has 2 rings (SSSR count). The van der Waals surface area contributed by atoms with Gasteiger partial charge in [-0.25, -0.2) is 0 Å². The predicted molar refractivity (Wildman–Crippen MR) is 147 cm³/mol. The van der Waals surface area contributed by atoms with E-state index < -0.39 is 0 Å². The molecular weight excluding hydrogens is 374 g/mol. The third-order valence-electron chi connectivity index (χ3n) is 4.31. The summed E-state index contributed by atoms with van der Waals surface area (Å²) < 4.78 is 0. The Morgan fingerprint density at radius 1 is 0.774 bits per heavy atom. The minimum Gasteiger partial charge on any atom is -0.258 e. The molecule has 0 amide bonds. The lowest BCUT2D eigenvalue weighted by Gasteiger charge is -2.11. The fraction of sp³-hybridized carbons (Fsp3) is 0.400. The van der Waals surface area contributed by atoms with E-state index in [1.165, 1.54) is 38.9 Å². The summed E-state index contributed by atoms with van der Waals surface area (Å²) in [6.07, 6.45) is 1.89. The summed E-state index contributed by atoms with van der Waals surface area (Å²) in [7, 11) is 0. The van der Waals surface area contributed by atoms with Crippen molar-refractivity contribution in [3.63, 3.8) is 0 Å². The number of aliphatic imine (C=N–C) groups is 1. The van der Waals surface area contributed by atoms with Gasteiger partial charge in [-0.2, -0.15) is 0 Å². The first-order valence-electron chi connectivity index (χ1n) is 11.2. The summed E-state index contributed by atoms with van der Waals surface area (Å²) in [5.74, 6) is 0. The van der Waals surface area contributed by atoms with Crippen molar-refractivity contribution in [3.8, 4) is 0 Å². The molecular formula is C30H47N. The van der Waals surface area contributed by atoms with Gasteiger partial charge in [0.05, 0.1) is 5.69 Å². The average molecular weight is 422 g/mol. The van der Waals surface area contributed by atoms with Crippen LogP contribution in [0.15, 0.2) is 54.7 Å². The Balaban J connectivity index is -0.000000403. The Kier molecular flexibility index (Phi) is 20.6. The lowest BCUT2D eigenvalue weighted by Crippen LogP contribution is -1.91. The van der Waals surface area contributed by atoms with E-state index in [1.54, 1.807) is 0 Å². The number of aryl methyl sites for hydroxylation is 4. The maximum Gasteiger partial charge on any atom is 0.0689 e. The highest BCUT2D eigenvalue weighted by atomic mass is 14.7. The molecule has 172 valence electrons. The van der Waals surface area contributed by atoms with Crippen LogP contribution in [-0.2, 0) is 0 Å². The highest BCUT2D eigenvalue weighted by molar-refractivity contribution is 5.83. The molecule has 0 radical (unpaired) electrons. The Hall–Kier alpha value is -2.63. The normalized spacial score (nSPS) is 8.26. The van der Waals surface area contributed by atoms with E-state index in [0.717, 1.165) is 11.4 Å². The van der Waals surface area contributed by atoms with Crippen LogP contribution >= 0.6 is 0 Å². The first-order chi connectivity index (χ1) is 14.6. The van der Waals surface area contributed by atoms with Crippen molar-refractivity contribution in [3.05, 3.63) is 88.7 Å². The third-order valence-corrected chi connectivity index (χ3v) is 4.31. The molecule has 0 fully saturated rings. The largest absolute Gasteiger partial charge is 0.258 e. The van der Waals surface area contributed by atoms with Crippen molar-refractivity contribution >= 4 is 17.5 Å². The zero-order chi connectivity index (χ0) is 25.1. The molecule has 1 nitrogen and oxygen atoms in total. The van der Waals surface area contributed by atoms with Crippen LogP contribution < -0.4 is 0 Å². The van der Waals surface area contributed by atoms with E-state index in [0.29, 0.717) is 0 Å². The maximum absolute atomic E-state index is 4.58. The van der Waals surface area contributed by atoms with Crippen molar-refractivity contribution in [2.24, 2.45) is 4.99 Å². The Morgan fingerprint density at radius 3 is 1.65 bits per heavy atom. The standard InChI is InChI=1S/C13H19N.C10H12.C3H4.2C2H6/c1-8(2)14-13-10(4)7-9(3)11(5)12(13)6;1-4-10-7-8(2)5-6-9(10)3;1-3-2;2*1-2/h7H,1-6H3;4-7H,1H2,2-3H3;1-2H2;2*1-2H3. The van der Waals surface area contributed by atoms with Crippen LogP contribution in [0, 0.1) is 41.5 Å². The number of rotatable bonds is 2. The Morgan fingerprint density at radius 2 is 1.26 bits per heavy atom. The fourth-order valence-corrected chi connectivity index (χ4v) is 2.65. The molecule has 0 heterocycles. The SMILES string of the molecule is C=C=C.C=Cc1cc(C)ccc1C.CC.CC.CC(C)=Nc1c(C)cc(C)c(C)c1C. The lowest BCUT2D eigenvalue weighted by atomic mass is 9.99. The summed E-state index contributed by atoms with van der Waals surface area (Å²) in [4.78, 5) is 4.58. The monoisotopic (exact) mass is 421 g/mol. The third kappa shape index (κ3) is 13.3. The molecule has 0 atom stereocenters. The van der Waals surface area contributed by atoms with Crippen LogP contribution in [0.1, 0.15) is 80.5 Å². The number of nitrogens with zero attached hydrogens (tertiary/aromatic N) is 1. The average Bonchev–Trinajstić information content (AvgIpc) is 2.75. The fourth-order valence-electron chi connectivity index (χ4n) is 2.65. The van der Waals surface area contributed by atoms with Crippen LogP contribution in [-0.4, -0.2) is 5.71 Å². The lowest BCUT2D eigenvalue weighted by molar-refractivity contribution is 1.21. The number of benzene rings is 2. The van der Waals surface area contributed by atoms with Gasteiger partial charge in [0, 0.05) is 5.71 Å². The van der Waals surface area contributed by atoms with Crippen molar-refractivity contribution in [1.82, 2.24) is 0 Å². The van der Waals surface area contributed by atoms with E-state index in [-0.39, 0.29) is 0 Å². The van der Waals surface area contributed by atoms with E-state index in [9.17, 15) is 0 Å². The van der Waals surface area contributed by atoms with Crippen molar-refractivity contribution in [2.45, 2.75) is 83.1 Å². The summed E-state index contributed by atoms with van der Waals surface area (Å²) in [5.41, 5.74) is 13.6. The Labute approximate surface area is 194 Å². The van der Waals surface area contributed by atoms with Crippen LogP contribution in [0.4, 0.5) is 5.69 Å². The van der Waals surface area contributed by atoms with E-state index in [1.807, 2.05) is 47.6 Å². The molecule has 0 bridgehead atoms. The smallest absolute Gasteiger partial charge is 0.0689 e. The van der Waals surface area contributed by atoms with E-state index in [4.69, 9.17) is 0 Å². The van der Waals surface area contributed by atoms with Crippen molar-refractivity contribution < 1.29 is 0 Å². The second-order valence-electron chi connectivity index (χ2n) is 6.98. The zero-order valence-corrected chi connectivity index (χ0v) is 22.5. The number of hydrogen-bond donors (Lipinski definition) is 0. The molecule has 0 unspecified atom stereocenters. The van der Waals surface area contributed by atoms with Crippen LogP contribution in [0.25, 0.3) is 6.08 Å². The quantitative estimate of drug-likeness (QED) is 0.338. The van der Waals surface area contributed by atoms with Crippen molar-refractivity contribution in [1.29, 1.82) is 0 Å². The first-order valence-corrected chi connectivity index (χ1v) is 11.2. The van der Waals surface area contributed by atoms with E-state index in [2.05, 4.69) is 96.3 Å². The molecule has 2 aromatic rings. The van der Waals surface area contributed by atoms with Gasteiger partial charge in [0.2, 0.25) is 0 Å². The van der Waals surface area contributed by atoms with Gasteiger partial charge in [0.1, 0.15) is 0 Å². The van der Waals surface area contributed by atoms with Gasteiger partial charge in [-0.15, -0.1) is 5.73 Å². The second kappa shape index (κ2) is 19.3. The summed E-state index contributed by atoms with van der Waals surface area (Å²) >= 11 is 0. The molecule has 31 heavy (non-hydrogen) atoms. The van der Waals surface area contributed by atoms with Crippen LogP contribution in [0.5, 0.6) is 0 Å². The minimum atomic E-state index is 1.11. The Bertz CT molecular complexity index is 841. The molecule has 2 aromatic carbocycles. The zero-order valence-electron chi connectivity index (χ0n) is 22.5. The predicted octanol–water partition coefficient (Wildman–Crippen LogP) is 9.99. The van der Waals surface area contributed by atoms with Gasteiger partial charge in [-0.1, -0.05) is 83.3 Å². The highest BCUT2D eigenvalue weighted by Crippen LogP contribution is 2.28. The second-order valence-corrected chi connectivity index (χ2v) is 6.98. The van der Waals surface area contributed by atoms with E-state index >= 15 is 0 Å². The molecule has 0 aliphatic rings. The topological polar surface area (TPSA) is 12.4 Å². The molecule has 0 aliphatic heterocycles. The van der Waals surface area contributed by atoms with Crippen LogP contribution in [0.2, 0.25) is 0 Å². The minimum absolute atomic E-state index is 1.11. The van der Waals surface area contributed by atoms with Gasteiger partial charge in [-0.05, 0) is 88.8 Å². The van der Waals surface area contributed by atoms with Gasteiger partial charge in [0.15, 0.2) is 0 Å². The molecule has 0 spiro atoms. The molecule has 0 N–H and O–H groups in total. The van der Waals surface area contributed by atoms with Gasteiger partial charge in [-0.3, -0.25) is 4.99 Å². The molecule has 0 aliphatic carbocycles. The van der Waals surface area contributed by atoms with Crippen LogP contribution in [0.3, 0.4) is 0 Å². The summed E-state index contributed by atoms with van der Waals surface area (Å²) in [5, 5.41) is 0. The van der Waals surface area contributed by atoms with Gasteiger partial charge < -0.3 is 0 Å². The molecule has 0 aromatic heterocycles. The van der Waals surface area contributed by atoms with Gasteiger partial charge >= 0.3 is 0 Å².